The van der Waals surface area contributed by atoms with Crippen LogP contribution in [0.25, 0.3) is 0 Å². The van der Waals surface area contributed by atoms with E-state index in [0.717, 1.165) is 6.42 Å². The zero-order valence-corrected chi connectivity index (χ0v) is 11.1. The molecule has 0 aliphatic heterocycles. The number of hydrogen-bond donors (Lipinski definition) is 1. The highest BCUT2D eigenvalue weighted by Crippen LogP contribution is 2.28. The van der Waals surface area contributed by atoms with Crippen LogP contribution in [0.2, 0.25) is 0 Å². The standard InChI is InChI=1S/C14H21N3O/c1-10-5-3-4-6-13(10)17(2)14(18)11-7-8-16-9-12(11)15/h7-10,13H,3-6,15H2,1-2H3. The molecule has 1 heterocycles. The van der Waals surface area contributed by atoms with Crippen molar-refractivity contribution in [2.75, 3.05) is 12.8 Å². The van der Waals surface area contributed by atoms with E-state index in [1.807, 2.05) is 11.9 Å². The molecule has 1 aliphatic carbocycles. The molecule has 0 saturated heterocycles. The lowest BCUT2D eigenvalue weighted by molar-refractivity contribution is 0.0630. The van der Waals surface area contributed by atoms with Crippen LogP contribution in [0.4, 0.5) is 5.69 Å². The molecule has 4 nitrogen and oxygen atoms in total. The van der Waals surface area contributed by atoms with Gasteiger partial charge in [-0.25, -0.2) is 0 Å². The highest BCUT2D eigenvalue weighted by Gasteiger charge is 2.28. The first-order valence-electron chi connectivity index (χ1n) is 6.58. The first kappa shape index (κ1) is 12.9. The molecule has 1 aliphatic rings. The molecule has 0 bridgehead atoms. The van der Waals surface area contributed by atoms with Gasteiger partial charge in [0, 0.05) is 19.3 Å². The topological polar surface area (TPSA) is 59.2 Å². The summed E-state index contributed by atoms with van der Waals surface area (Å²) in [6, 6.07) is 2.03. The fraction of sp³-hybridized carbons (Fsp3) is 0.571. The van der Waals surface area contributed by atoms with Gasteiger partial charge in [0.25, 0.3) is 5.91 Å². The largest absolute Gasteiger partial charge is 0.397 e. The van der Waals surface area contributed by atoms with Crippen molar-refractivity contribution in [3.63, 3.8) is 0 Å². The molecule has 4 heteroatoms. The van der Waals surface area contributed by atoms with Gasteiger partial charge in [-0.15, -0.1) is 0 Å². The first-order valence-corrected chi connectivity index (χ1v) is 6.58. The van der Waals surface area contributed by atoms with Crippen LogP contribution in [-0.4, -0.2) is 28.9 Å². The molecule has 2 atom stereocenters. The normalized spacial score (nSPS) is 23.7. The zero-order chi connectivity index (χ0) is 13.1. The van der Waals surface area contributed by atoms with Crippen molar-refractivity contribution in [1.29, 1.82) is 0 Å². The Bertz CT molecular complexity index is 433. The maximum atomic E-state index is 12.4. The molecule has 2 unspecified atom stereocenters. The van der Waals surface area contributed by atoms with Crippen molar-refractivity contribution >= 4 is 11.6 Å². The number of aromatic nitrogens is 1. The van der Waals surface area contributed by atoms with Crippen molar-refractivity contribution in [2.24, 2.45) is 5.92 Å². The lowest BCUT2D eigenvalue weighted by atomic mass is 9.85. The van der Waals surface area contributed by atoms with Crippen LogP contribution in [0.1, 0.15) is 43.0 Å². The van der Waals surface area contributed by atoms with Crippen LogP contribution in [0, 0.1) is 5.92 Å². The molecule has 2 rings (SSSR count). The van der Waals surface area contributed by atoms with Gasteiger partial charge in [0.1, 0.15) is 0 Å². The highest BCUT2D eigenvalue weighted by molar-refractivity contribution is 5.98. The van der Waals surface area contributed by atoms with Gasteiger partial charge in [0.2, 0.25) is 0 Å². The number of nitrogens with two attached hydrogens (primary N) is 1. The minimum absolute atomic E-state index is 0.00801. The lowest BCUT2D eigenvalue weighted by Crippen LogP contribution is -2.42. The van der Waals surface area contributed by atoms with Gasteiger partial charge in [-0.1, -0.05) is 19.8 Å². The molecule has 0 radical (unpaired) electrons. The Balaban J connectivity index is 2.16. The number of carbonyl (C=O) groups is 1. The molecule has 1 fully saturated rings. The Morgan fingerprint density at radius 2 is 2.17 bits per heavy atom. The zero-order valence-electron chi connectivity index (χ0n) is 11.1. The third-order valence-corrected chi connectivity index (χ3v) is 3.97. The molecule has 1 saturated carbocycles. The number of nitrogen functional groups attached to an aromatic ring is 1. The van der Waals surface area contributed by atoms with E-state index < -0.39 is 0 Å². The summed E-state index contributed by atoms with van der Waals surface area (Å²) >= 11 is 0. The van der Waals surface area contributed by atoms with E-state index in [1.54, 1.807) is 12.3 Å². The van der Waals surface area contributed by atoms with Gasteiger partial charge in [-0.3, -0.25) is 9.78 Å². The molecule has 2 N–H and O–H groups in total. The van der Waals surface area contributed by atoms with Crippen molar-refractivity contribution in [1.82, 2.24) is 9.88 Å². The molecule has 1 aromatic rings. The smallest absolute Gasteiger partial charge is 0.256 e. The molecule has 18 heavy (non-hydrogen) atoms. The predicted octanol–water partition coefficient (Wildman–Crippen LogP) is 2.31. The van der Waals surface area contributed by atoms with Crippen molar-refractivity contribution in [2.45, 2.75) is 38.6 Å². The number of hydrogen-bond acceptors (Lipinski definition) is 3. The summed E-state index contributed by atoms with van der Waals surface area (Å²) in [6.07, 6.45) is 7.92. The number of carbonyl (C=O) groups excluding carboxylic acids is 1. The lowest BCUT2D eigenvalue weighted by Gasteiger charge is -2.36. The highest BCUT2D eigenvalue weighted by atomic mass is 16.2. The average molecular weight is 247 g/mol. The molecule has 1 aromatic heterocycles. The summed E-state index contributed by atoms with van der Waals surface area (Å²) in [6.45, 7) is 2.23. The number of pyridine rings is 1. The van der Waals surface area contributed by atoms with E-state index in [0.29, 0.717) is 23.2 Å². The monoisotopic (exact) mass is 247 g/mol. The third-order valence-electron chi connectivity index (χ3n) is 3.97. The molecule has 98 valence electrons. The maximum Gasteiger partial charge on any atom is 0.256 e. The Morgan fingerprint density at radius 3 is 2.83 bits per heavy atom. The van der Waals surface area contributed by atoms with Crippen LogP contribution in [0.15, 0.2) is 18.5 Å². The SMILES string of the molecule is CC1CCCCC1N(C)C(=O)c1ccncc1N. The first-order chi connectivity index (χ1) is 8.61. The average Bonchev–Trinajstić information content (AvgIpc) is 2.38. The molecular weight excluding hydrogens is 226 g/mol. The van der Waals surface area contributed by atoms with E-state index in [-0.39, 0.29) is 5.91 Å². The summed E-state index contributed by atoms with van der Waals surface area (Å²) < 4.78 is 0. The van der Waals surface area contributed by atoms with Gasteiger partial charge in [-0.2, -0.15) is 0 Å². The van der Waals surface area contributed by atoms with Crippen LogP contribution in [-0.2, 0) is 0 Å². The predicted molar refractivity (Wildman–Crippen MR) is 72.2 cm³/mol. The van der Waals surface area contributed by atoms with Gasteiger partial charge in [0.15, 0.2) is 0 Å². The fourth-order valence-electron chi connectivity index (χ4n) is 2.81. The Hall–Kier alpha value is -1.58. The van der Waals surface area contributed by atoms with Crippen LogP contribution in [0.3, 0.4) is 0 Å². The van der Waals surface area contributed by atoms with Gasteiger partial charge in [0.05, 0.1) is 17.4 Å². The van der Waals surface area contributed by atoms with Gasteiger partial charge < -0.3 is 10.6 Å². The minimum Gasteiger partial charge on any atom is -0.397 e. The van der Waals surface area contributed by atoms with E-state index in [2.05, 4.69) is 11.9 Å². The summed E-state index contributed by atoms with van der Waals surface area (Å²) in [5, 5.41) is 0. The van der Waals surface area contributed by atoms with Crippen molar-refractivity contribution in [3.8, 4) is 0 Å². The molecule has 0 spiro atoms. The van der Waals surface area contributed by atoms with Crippen LogP contribution < -0.4 is 5.73 Å². The van der Waals surface area contributed by atoms with Crippen molar-refractivity contribution < 1.29 is 4.79 Å². The molecule has 1 amide bonds. The Morgan fingerprint density at radius 1 is 1.44 bits per heavy atom. The number of anilines is 1. The van der Waals surface area contributed by atoms with E-state index >= 15 is 0 Å². The van der Waals surface area contributed by atoms with Crippen LogP contribution in [0.5, 0.6) is 0 Å². The number of rotatable bonds is 2. The van der Waals surface area contributed by atoms with Gasteiger partial charge >= 0.3 is 0 Å². The quantitative estimate of drug-likeness (QED) is 0.872. The second kappa shape index (κ2) is 5.38. The Kier molecular flexibility index (Phi) is 3.84. The summed E-state index contributed by atoms with van der Waals surface area (Å²) in [7, 11) is 1.88. The number of amides is 1. The molecule has 0 aromatic carbocycles. The summed E-state index contributed by atoms with van der Waals surface area (Å²) in [4.78, 5) is 18.2. The maximum absolute atomic E-state index is 12.4. The minimum atomic E-state index is 0.00801. The summed E-state index contributed by atoms with van der Waals surface area (Å²) in [5.74, 6) is 0.574. The third kappa shape index (κ3) is 2.47. The Labute approximate surface area is 108 Å². The van der Waals surface area contributed by atoms with E-state index in [9.17, 15) is 4.79 Å². The second-order valence-electron chi connectivity index (χ2n) is 5.21. The van der Waals surface area contributed by atoms with E-state index in [4.69, 9.17) is 5.73 Å². The number of nitrogens with zero attached hydrogens (tertiary/aromatic N) is 2. The van der Waals surface area contributed by atoms with Crippen LogP contribution >= 0.6 is 0 Å². The fourth-order valence-corrected chi connectivity index (χ4v) is 2.81. The van der Waals surface area contributed by atoms with E-state index in [1.165, 1.54) is 25.5 Å². The van der Waals surface area contributed by atoms with Crippen molar-refractivity contribution in [3.05, 3.63) is 24.0 Å². The molecular formula is C14H21N3O. The second-order valence-corrected chi connectivity index (χ2v) is 5.21. The van der Waals surface area contributed by atoms with Gasteiger partial charge in [-0.05, 0) is 24.8 Å². The summed E-state index contributed by atoms with van der Waals surface area (Å²) in [5.41, 5.74) is 6.83.